The first-order valence-corrected chi connectivity index (χ1v) is 7.78. The minimum Gasteiger partial charge on any atom is -0.393 e. The summed E-state index contributed by atoms with van der Waals surface area (Å²) >= 11 is 0. The molecule has 3 rings (SSSR count). The average molecular weight is 315 g/mol. The third-order valence-corrected chi connectivity index (χ3v) is 4.34. The lowest BCUT2D eigenvalue weighted by Crippen LogP contribution is -2.48. The van der Waals surface area contributed by atoms with Crippen LogP contribution in [0.1, 0.15) is 28.8 Å². The molecule has 1 saturated heterocycles. The summed E-state index contributed by atoms with van der Waals surface area (Å²) in [4.78, 5) is 14.2. The van der Waals surface area contributed by atoms with Gasteiger partial charge in [0.1, 0.15) is 0 Å². The van der Waals surface area contributed by atoms with Crippen LogP contribution in [0.3, 0.4) is 0 Å². The lowest BCUT2D eigenvalue weighted by molar-refractivity contribution is -0.0546. The highest BCUT2D eigenvalue weighted by Gasteiger charge is 2.33. The predicted octanol–water partition coefficient (Wildman–Crippen LogP) is 0.891. The number of carbonyl (C=O) groups is 1. The van der Waals surface area contributed by atoms with Gasteiger partial charge in [-0.05, 0) is 18.4 Å². The predicted molar refractivity (Wildman–Crippen MR) is 84.9 cm³/mol. The minimum atomic E-state index is -1.05. The van der Waals surface area contributed by atoms with E-state index in [2.05, 4.69) is 5.10 Å². The van der Waals surface area contributed by atoms with E-state index >= 15 is 0 Å². The smallest absolute Gasteiger partial charge is 0.257 e. The molecule has 0 bridgehead atoms. The second-order valence-corrected chi connectivity index (χ2v) is 6.09. The molecule has 2 aromatic rings. The summed E-state index contributed by atoms with van der Waals surface area (Å²) in [7, 11) is 0. The molecule has 0 aliphatic carbocycles. The number of aliphatic hydroxyl groups excluding tert-OH is 1. The molecule has 1 aliphatic heterocycles. The Labute approximate surface area is 135 Å². The molecule has 0 radical (unpaired) electrons. The number of aliphatic hydroxyl groups is 2. The van der Waals surface area contributed by atoms with E-state index in [0.29, 0.717) is 38.0 Å². The number of likely N-dealkylation sites (tertiary alicyclic amines) is 1. The van der Waals surface area contributed by atoms with Gasteiger partial charge in [0, 0.05) is 19.3 Å². The molecule has 2 heterocycles. The summed E-state index contributed by atoms with van der Waals surface area (Å²) in [5.74, 6) is -0.0794. The molecular weight excluding hydrogens is 294 g/mol. The van der Waals surface area contributed by atoms with Gasteiger partial charge in [-0.1, -0.05) is 30.3 Å². The van der Waals surface area contributed by atoms with Crippen LogP contribution in [0.4, 0.5) is 0 Å². The van der Waals surface area contributed by atoms with Crippen LogP contribution in [-0.2, 0) is 6.54 Å². The zero-order valence-electron chi connectivity index (χ0n) is 12.9. The largest absolute Gasteiger partial charge is 0.393 e. The van der Waals surface area contributed by atoms with Gasteiger partial charge < -0.3 is 15.1 Å². The molecule has 23 heavy (non-hydrogen) atoms. The van der Waals surface area contributed by atoms with Crippen molar-refractivity contribution in [1.82, 2.24) is 14.7 Å². The summed E-state index contributed by atoms with van der Waals surface area (Å²) in [6.45, 7) is 1.25. The molecule has 0 spiro atoms. The van der Waals surface area contributed by atoms with Crippen molar-refractivity contribution in [2.75, 3.05) is 19.7 Å². The Morgan fingerprint density at radius 1 is 1.22 bits per heavy atom. The van der Waals surface area contributed by atoms with E-state index in [-0.39, 0.29) is 12.5 Å². The van der Waals surface area contributed by atoms with Gasteiger partial charge in [0.05, 0.1) is 30.5 Å². The fraction of sp³-hybridized carbons (Fsp3) is 0.412. The summed E-state index contributed by atoms with van der Waals surface area (Å²) in [6.07, 6.45) is 4.13. The highest BCUT2D eigenvalue weighted by atomic mass is 16.3. The van der Waals surface area contributed by atoms with Crippen molar-refractivity contribution in [3.8, 4) is 0 Å². The Hall–Kier alpha value is -2.18. The molecule has 122 valence electrons. The molecular formula is C17H21N3O3. The molecule has 1 aromatic heterocycles. The van der Waals surface area contributed by atoms with Gasteiger partial charge in [0.15, 0.2) is 0 Å². The molecule has 6 nitrogen and oxygen atoms in total. The topological polar surface area (TPSA) is 78.6 Å². The lowest BCUT2D eigenvalue weighted by atomic mass is 9.92. The third kappa shape index (κ3) is 3.60. The molecule has 0 unspecified atom stereocenters. The molecule has 1 aliphatic rings. The Bertz CT molecular complexity index is 661. The minimum absolute atomic E-state index is 0.0794. The van der Waals surface area contributed by atoms with Crippen LogP contribution in [0.5, 0.6) is 0 Å². The monoisotopic (exact) mass is 315 g/mol. The first-order chi connectivity index (χ1) is 11.1. The average Bonchev–Trinajstić information content (AvgIpc) is 3.04. The number of piperidine rings is 1. The number of aromatic nitrogens is 2. The third-order valence-electron chi connectivity index (χ3n) is 4.34. The standard InChI is InChI=1S/C17H21N3O3/c21-13-17(23)6-8-19(9-7-17)16(22)15-10-18-20(12-15)11-14-4-2-1-3-5-14/h1-5,10,12,21,23H,6-9,11,13H2. The number of benzene rings is 1. The maximum atomic E-state index is 12.5. The Morgan fingerprint density at radius 3 is 2.57 bits per heavy atom. The number of carbonyl (C=O) groups excluding carboxylic acids is 1. The van der Waals surface area contributed by atoms with E-state index < -0.39 is 5.60 Å². The van der Waals surface area contributed by atoms with Crippen LogP contribution in [0.25, 0.3) is 0 Å². The van der Waals surface area contributed by atoms with Gasteiger partial charge >= 0.3 is 0 Å². The van der Waals surface area contributed by atoms with E-state index in [9.17, 15) is 9.90 Å². The highest BCUT2D eigenvalue weighted by Crippen LogP contribution is 2.22. The number of hydrogen-bond donors (Lipinski definition) is 2. The van der Waals surface area contributed by atoms with Gasteiger partial charge in [-0.25, -0.2) is 0 Å². The van der Waals surface area contributed by atoms with Gasteiger partial charge in [-0.15, -0.1) is 0 Å². The van der Waals surface area contributed by atoms with Crippen molar-refractivity contribution >= 4 is 5.91 Å². The van der Waals surface area contributed by atoms with E-state index in [4.69, 9.17) is 5.11 Å². The molecule has 6 heteroatoms. The van der Waals surface area contributed by atoms with E-state index in [1.54, 1.807) is 22.0 Å². The van der Waals surface area contributed by atoms with Gasteiger partial charge in [-0.2, -0.15) is 5.10 Å². The summed E-state index contributed by atoms with van der Waals surface area (Å²) < 4.78 is 1.75. The van der Waals surface area contributed by atoms with Crippen LogP contribution in [-0.4, -0.2) is 56.1 Å². The molecule has 2 N–H and O–H groups in total. The normalized spacial score (nSPS) is 17.2. The summed E-state index contributed by atoms with van der Waals surface area (Å²) in [5, 5.41) is 23.4. The van der Waals surface area contributed by atoms with Crippen molar-refractivity contribution in [1.29, 1.82) is 0 Å². The maximum absolute atomic E-state index is 12.5. The van der Waals surface area contributed by atoms with Crippen molar-refractivity contribution in [3.63, 3.8) is 0 Å². The van der Waals surface area contributed by atoms with E-state index in [1.165, 1.54) is 0 Å². The van der Waals surface area contributed by atoms with E-state index in [0.717, 1.165) is 5.56 Å². The van der Waals surface area contributed by atoms with Crippen molar-refractivity contribution < 1.29 is 15.0 Å². The van der Waals surface area contributed by atoms with Crippen LogP contribution in [0.2, 0.25) is 0 Å². The van der Waals surface area contributed by atoms with Gasteiger partial charge in [0.2, 0.25) is 0 Å². The van der Waals surface area contributed by atoms with Gasteiger partial charge in [0.25, 0.3) is 5.91 Å². The first-order valence-electron chi connectivity index (χ1n) is 7.78. The van der Waals surface area contributed by atoms with E-state index in [1.807, 2.05) is 30.3 Å². The molecule has 0 atom stereocenters. The molecule has 0 saturated carbocycles. The Kier molecular flexibility index (Phi) is 4.45. The van der Waals surface area contributed by atoms with Crippen molar-refractivity contribution in [3.05, 3.63) is 53.9 Å². The van der Waals surface area contributed by atoms with Crippen LogP contribution in [0.15, 0.2) is 42.7 Å². The van der Waals surface area contributed by atoms with Crippen molar-refractivity contribution in [2.45, 2.75) is 25.0 Å². The molecule has 1 aromatic carbocycles. The fourth-order valence-electron chi connectivity index (χ4n) is 2.80. The zero-order chi connectivity index (χ0) is 16.3. The van der Waals surface area contributed by atoms with Crippen LogP contribution >= 0.6 is 0 Å². The molecule has 1 amide bonds. The Balaban J connectivity index is 1.63. The second-order valence-electron chi connectivity index (χ2n) is 6.09. The molecule has 1 fully saturated rings. The SMILES string of the molecule is O=C(c1cnn(Cc2ccccc2)c1)N1CCC(O)(CO)CC1. The first kappa shape index (κ1) is 15.7. The summed E-state index contributed by atoms with van der Waals surface area (Å²) in [5.41, 5.74) is 0.629. The quantitative estimate of drug-likeness (QED) is 0.878. The fourth-order valence-corrected chi connectivity index (χ4v) is 2.80. The van der Waals surface area contributed by atoms with Crippen LogP contribution < -0.4 is 0 Å². The number of rotatable bonds is 4. The number of amides is 1. The maximum Gasteiger partial charge on any atom is 0.257 e. The summed E-state index contributed by atoms with van der Waals surface area (Å²) in [6, 6.07) is 9.94. The number of hydrogen-bond acceptors (Lipinski definition) is 4. The number of nitrogens with zero attached hydrogens (tertiary/aromatic N) is 3. The lowest BCUT2D eigenvalue weighted by Gasteiger charge is -2.36. The Morgan fingerprint density at radius 2 is 1.91 bits per heavy atom. The highest BCUT2D eigenvalue weighted by molar-refractivity contribution is 5.93. The second kappa shape index (κ2) is 6.52. The van der Waals surface area contributed by atoms with Crippen molar-refractivity contribution in [2.24, 2.45) is 0 Å². The van der Waals surface area contributed by atoms with Gasteiger partial charge in [-0.3, -0.25) is 9.48 Å². The van der Waals surface area contributed by atoms with Crippen LogP contribution in [0, 0.1) is 0 Å². The zero-order valence-corrected chi connectivity index (χ0v) is 12.9.